The molecule has 1 saturated carbocycles. The lowest BCUT2D eigenvalue weighted by Crippen LogP contribution is -2.18. The summed E-state index contributed by atoms with van der Waals surface area (Å²) in [5.74, 6) is 2.90. The number of nitrogens with zero attached hydrogens (tertiary/aromatic N) is 1. The molecule has 1 aromatic carbocycles. The molecule has 0 heterocycles. The minimum atomic E-state index is 0.824. The van der Waals surface area contributed by atoms with Crippen LogP contribution in [0.25, 0.3) is 0 Å². The highest BCUT2D eigenvalue weighted by molar-refractivity contribution is 5.39. The Hall–Kier alpha value is -1.29. The van der Waals surface area contributed by atoms with E-state index >= 15 is 0 Å². The minimum absolute atomic E-state index is 0.824. The molecular weight excluding hydrogens is 266 g/mol. The third-order valence-corrected chi connectivity index (χ3v) is 6.19. The van der Waals surface area contributed by atoms with Crippen molar-refractivity contribution in [3.63, 3.8) is 0 Å². The molecule has 1 heteroatoms. The van der Waals surface area contributed by atoms with Crippen molar-refractivity contribution >= 4 is 0 Å². The Kier molecular flexibility index (Phi) is 5.19. The fourth-order valence-electron chi connectivity index (χ4n) is 4.55. The van der Waals surface area contributed by atoms with Crippen molar-refractivity contribution in [2.45, 2.75) is 71.1 Å². The monoisotopic (exact) mass is 295 g/mol. The summed E-state index contributed by atoms with van der Waals surface area (Å²) in [7, 11) is 0. The van der Waals surface area contributed by atoms with Gasteiger partial charge in [-0.05, 0) is 66.7 Å². The summed E-state index contributed by atoms with van der Waals surface area (Å²) >= 11 is 0. The highest BCUT2D eigenvalue weighted by Gasteiger charge is 2.23. The number of aryl methyl sites for hydroxylation is 1. The van der Waals surface area contributed by atoms with E-state index in [1.807, 2.05) is 6.07 Å². The number of hydrogen-bond acceptors (Lipinski definition) is 1. The first-order valence-electron chi connectivity index (χ1n) is 9.30. The van der Waals surface area contributed by atoms with E-state index in [0.29, 0.717) is 0 Å². The average molecular weight is 295 g/mol. The van der Waals surface area contributed by atoms with Crippen molar-refractivity contribution in [3.8, 4) is 6.07 Å². The van der Waals surface area contributed by atoms with Gasteiger partial charge in [-0.25, -0.2) is 0 Å². The van der Waals surface area contributed by atoms with Crippen molar-refractivity contribution in [2.75, 3.05) is 0 Å². The first-order chi connectivity index (χ1) is 10.8. The Bertz CT molecular complexity index is 531. The lowest BCUT2D eigenvalue weighted by Gasteiger charge is -2.30. The minimum Gasteiger partial charge on any atom is -0.192 e. The Morgan fingerprint density at radius 3 is 2.41 bits per heavy atom. The molecule has 1 nitrogen and oxygen atoms in total. The van der Waals surface area contributed by atoms with Crippen LogP contribution >= 0.6 is 0 Å². The molecule has 3 rings (SSSR count). The Labute approximate surface area is 135 Å². The summed E-state index contributed by atoms with van der Waals surface area (Å²) in [5.41, 5.74) is 3.76. The third-order valence-electron chi connectivity index (χ3n) is 6.19. The predicted octanol–water partition coefficient (Wildman–Crippen LogP) is 5.66. The second-order valence-electron chi connectivity index (χ2n) is 7.58. The molecule has 22 heavy (non-hydrogen) atoms. The SMILES string of the molecule is CCC1CCC(CCC2CCc3cc(C#N)ccc3C2)CC1. The molecular formula is C21H29N. The number of rotatable bonds is 4. The van der Waals surface area contributed by atoms with Crippen LogP contribution < -0.4 is 0 Å². The second-order valence-corrected chi connectivity index (χ2v) is 7.58. The van der Waals surface area contributed by atoms with Gasteiger partial charge in [0.2, 0.25) is 0 Å². The van der Waals surface area contributed by atoms with Crippen LogP contribution in [0.2, 0.25) is 0 Å². The van der Waals surface area contributed by atoms with Gasteiger partial charge in [-0.2, -0.15) is 5.26 Å². The smallest absolute Gasteiger partial charge is 0.0991 e. The average Bonchev–Trinajstić information content (AvgIpc) is 2.59. The molecule has 2 aliphatic rings. The second kappa shape index (κ2) is 7.32. The molecule has 0 spiro atoms. The van der Waals surface area contributed by atoms with Gasteiger partial charge in [0.15, 0.2) is 0 Å². The first-order valence-corrected chi connectivity index (χ1v) is 9.30. The molecule has 0 saturated heterocycles. The number of benzene rings is 1. The lowest BCUT2D eigenvalue weighted by molar-refractivity contribution is 0.241. The van der Waals surface area contributed by atoms with Crippen molar-refractivity contribution in [1.82, 2.24) is 0 Å². The maximum absolute atomic E-state index is 9.01. The van der Waals surface area contributed by atoms with Crippen molar-refractivity contribution in [2.24, 2.45) is 17.8 Å². The van der Waals surface area contributed by atoms with Gasteiger partial charge in [-0.15, -0.1) is 0 Å². The molecule has 0 N–H and O–H groups in total. The van der Waals surface area contributed by atoms with E-state index in [0.717, 1.165) is 23.3 Å². The molecule has 0 radical (unpaired) electrons. The molecule has 118 valence electrons. The highest BCUT2D eigenvalue weighted by Crippen LogP contribution is 2.36. The fraction of sp³-hybridized carbons (Fsp3) is 0.667. The standard InChI is InChI=1S/C21H29N/c1-2-16-3-5-17(6-4-16)7-8-18-9-11-21-14-19(15-22)10-12-20(21)13-18/h10,12,14,16-18H,2-9,11,13H2,1H3. The number of hydrogen-bond donors (Lipinski definition) is 0. The molecule has 0 aromatic heterocycles. The van der Waals surface area contributed by atoms with Crippen LogP contribution in [0.4, 0.5) is 0 Å². The van der Waals surface area contributed by atoms with Gasteiger partial charge in [-0.3, -0.25) is 0 Å². The van der Waals surface area contributed by atoms with E-state index in [1.54, 1.807) is 0 Å². The van der Waals surface area contributed by atoms with Gasteiger partial charge in [0.25, 0.3) is 0 Å². The molecule has 1 fully saturated rings. The predicted molar refractivity (Wildman–Crippen MR) is 91.6 cm³/mol. The van der Waals surface area contributed by atoms with Crippen LogP contribution in [0.15, 0.2) is 18.2 Å². The fourth-order valence-corrected chi connectivity index (χ4v) is 4.55. The molecule has 0 bridgehead atoms. The highest BCUT2D eigenvalue weighted by atomic mass is 14.3. The summed E-state index contributed by atoms with van der Waals surface area (Å²) in [5, 5.41) is 9.01. The van der Waals surface area contributed by atoms with Gasteiger partial charge in [0.1, 0.15) is 0 Å². The maximum Gasteiger partial charge on any atom is 0.0991 e. The normalized spacial score (nSPS) is 27.9. The van der Waals surface area contributed by atoms with E-state index in [4.69, 9.17) is 5.26 Å². The van der Waals surface area contributed by atoms with Crippen LogP contribution in [0.1, 0.15) is 75.0 Å². The van der Waals surface area contributed by atoms with Crippen LogP contribution in [0.3, 0.4) is 0 Å². The Morgan fingerprint density at radius 2 is 1.68 bits per heavy atom. The van der Waals surface area contributed by atoms with Gasteiger partial charge in [-0.1, -0.05) is 51.5 Å². The quantitative estimate of drug-likeness (QED) is 0.703. The topological polar surface area (TPSA) is 23.8 Å². The van der Waals surface area contributed by atoms with Crippen LogP contribution in [-0.2, 0) is 12.8 Å². The molecule has 2 aliphatic carbocycles. The molecule has 1 unspecified atom stereocenters. The van der Waals surface area contributed by atoms with Crippen LogP contribution in [0.5, 0.6) is 0 Å². The van der Waals surface area contributed by atoms with Crippen molar-refractivity contribution in [3.05, 3.63) is 34.9 Å². The van der Waals surface area contributed by atoms with Crippen molar-refractivity contribution in [1.29, 1.82) is 5.26 Å². The Balaban J connectivity index is 1.48. The van der Waals surface area contributed by atoms with Gasteiger partial charge >= 0.3 is 0 Å². The van der Waals surface area contributed by atoms with Crippen LogP contribution in [0, 0.1) is 29.1 Å². The maximum atomic E-state index is 9.01. The zero-order chi connectivity index (χ0) is 15.4. The van der Waals surface area contributed by atoms with Crippen LogP contribution in [-0.4, -0.2) is 0 Å². The summed E-state index contributed by atoms with van der Waals surface area (Å²) < 4.78 is 0. The molecule has 0 aliphatic heterocycles. The lowest BCUT2D eigenvalue weighted by atomic mass is 9.75. The zero-order valence-electron chi connectivity index (χ0n) is 14.0. The summed E-state index contributed by atoms with van der Waals surface area (Å²) in [6.45, 7) is 2.35. The Morgan fingerprint density at radius 1 is 0.955 bits per heavy atom. The van der Waals surface area contributed by atoms with E-state index in [1.165, 1.54) is 75.3 Å². The van der Waals surface area contributed by atoms with E-state index in [-0.39, 0.29) is 0 Å². The number of fused-ring (bicyclic) bond motifs is 1. The summed E-state index contributed by atoms with van der Waals surface area (Å²) in [4.78, 5) is 0. The molecule has 1 aromatic rings. The first kappa shape index (κ1) is 15.6. The largest absolute Gasteiger partial charge is 0.192 e. The van der Waals surface area contributed by atoms with Gasteiger partial charge in [0.05, 0.1) is 11.6 Å². The van der Waals surface area contributed by atoms with E-state index in [9.17, 15) is 0 Å². The zero-order valence-corrected chi connectivity index (χ0v) is 14.0. The van der Waals surface area contributed by atoms with Gasteiger partial charge < -0.3 is 0 Å². The molecule has 1 atom stereocenters. The van der Waals surface area contributed by atoms with E-state index in [2.05, 4.69) is 25.1 Å². The third kappa shape index (κ3) is 3.72. The van der Waals surface area contributed by atoms with Gasteiger partial charge in [0, 0.05) is 0 Å². The summed E-state index contributed by atoms with van der Waals surface area (Å²) in [6.07, 6.45) is 13.9. The van der Waals surface area contributed by atoms with E-state index < -0.39 is 0 Å². The molecule has 0 amide bonds. The van der Waals surface area contributed by atoms with Crippen molar-refractivity contribution < 1.29 is 0 Å². The summed E-state index contributed by atoms with van der Waals surface area (Å²) in [6, 6.07) is 8.57. The number of nitriles is 1.